The third-order valence-electron chi connectivity index (χ3n) is 8.86. The van der Waals surface area contributed by atoms with Crippen LogP contribution in [0.1, 0.15) is 51.3 Å². The van der Waals surface area contributed by atoms with Crippen LogP contribution in [0, 0.1) is 5.92 Å². The third-order valence-corrected chi connectivity index (χ3v) is 8.86. The molecule has 6 atom stereocenters. The molecule has 0 amide bonds. The highest BCUT2D eigenvalue weighted by atomic mass is 16.7. The number of carbonyl (C=O) groups is 2. The summed E-state index contributed by atoms with van der Waals surface area (Å²) in [6, 6.07) is 1.84. The molecule has 1 saturated heterocycles. The molecular weight excluding hydrogens is 484 g/mol. The van der Waals surface area contributed by atoms with E-state index in [1.165, 1.54) is 14.2 Å². The Hall–Kier alpha value is -3.24. The number of hydrogen-bond donors (Lipinski definition) is 1. The van der Waals surface area contributed by atoms with Crippen molar-refractivity contribution in [2.75, 3.05) is 27.6 Å². The molecule has 1 aliphatic carbocycles. The van der Waals surface area contributed by atoms with Crippen LogP contribution in [-0.2, 0) is 34.0 Å². The number of esters is 1. The van der Waals surface area contributed by atoms with Crippen molar-refractivity contribution in [1.82, 2.24) is 0 Å². The Labute approximate surface area is 214 Å². The normalized spacial score (nSPS) is 37.0. The Balaban J connectivity index is 1.71. The van der Waals surface area contributed by atoms with Crippen molar-refractivity contribution in [1.29, 1.82) is 0 Å². The molecule has 4 heterocycles. The zero-order valence-corrected chi connectivity index (χ0v) is 21.6. The van der Waals surface area contributed by atoms with Crippen molar-refractivity contribution < 1.29 is 47.9 Å². The van der Waals surface area contributed by atoms with Crippen molar-refractivity contribution in [2.45, 2.75) is 62.9 Å². The van der Waals surface area contributed by atoms with Gasteiger partial charge in [-0.2, -0.15) is 0 Å². The summed E-state index contributed by atoms with van der Waals surface area (Å²) < 4.78 is 42.2. The molecule has 10 heteroatoms. The molecular formula is C27H30O10. The number of fused-ring (bicyclic) bond motifs is 4. The van der Waals surface area contributed by atoms with Gasteiger partial charge in [0.05, 0.1) is 20.3 Å². The zero-order valence-electron chi connectivity index (χ0n) is 21.6. The number of hydrogen-bond acceptors (Lipinski definition) is 10. The maximum Gasteiger partial charge on any atom is 0.333 e. The summed E-state index contributed by atoms with van der Waals surface area (Å²) in [5, 5.41) is 12.1. The van der Waals surface area contributed by atoms with E-state index in [1.54, 1.807) is 26.8 Å². The second-order valence-electron chi connectivity index (χ2n) is 10.5. The first-order valence-corrected chi connectivity index (χ1v) is 12.3. The van der Waals surface area contributed by atoms with Crippen LogP contribution >= 0.6 is 0 Å². The van der Waals surface area contributed by atoms with Crippen LogP contribution < -0.4 is 14.2 Å². The molecule has 2 spiro atoms. The predicted octanol–water partition coefficient (Wildman–Crippen LogP) is 2.61. The Morgan fingerprint density at radius 2 is 1.95 bits per heavy atom. The van der Waals surface area contributed by atoms with Gasteiger partial charge in [-0.3, -0.25) is 4.79 Å². The van der Waals surface area contributed by atoms with Crippen LogP contribution in [0.2, 0.25) is 0 Å². The molecule has 37 heavy (non-hydrogen) atoms. The van der Waals surface area contributed by atoms with Gasteiger partial charge in [0.15, 0.2) is 23.4 Å². The minimum Gasteiger partial charge on any atom is -0.496 e. The quantitative estimate of drug-likeness (QED) is 0.474. The molecule has 0 saturated carbocycles. The van der Waals surface area contributed by atoms with Crippen LogP contribution in [0.15, 0.2) is 29.2 Å². The summed E-state index contributed by atoms with van der Waals surface area (Å²) >= 11 is 0. The fourth-order valence-electron chi connectivity index (χ4n) is 6.79. The summed E-state index contributed by atoms with van der Waals surface area (Å²) in [6.45, 7) is 6.81. The van der Waals surface area contributed by atoms with E-state index < -0.39 is 46.5 Å². The minimum absolute atomic E-state index is 0.0215. The van der Waals surface area contributed by atoms with Crippen LogP contribution in [0.5, 0.6) is 17.2 Å². The number of ether oxygens (including phenoxy) is 7. The van der Waals surface area contributed by atoms with Gasteiger partial charge in [0.2, 0.25) is 24.1 Å². The molecule has 10 nitrogen and oxygen atoms in total. The average molecular weight is 515 g/mol. The maximum atomic E-state index is 13.6. The van der Waals surface area contributed by atoms with Gasteiger partial charge >= 0.3 is 5.97 Å². The first-order chi connectivity index (χ1) is 17.6. The lowest BCUT2D eigenvalue weighted by molar-refractivity contribution is -0.319. The Morgan fingerprint density at radius 1 is 1.19 bits per heavy atom. The maximum absolute atomic E-state index is 13.6. The van der Waals surface area contributed by atoms with E-state index in [2.05, 4.69) is 0 Å². The van der Waals surface area contributed by atoms with Gasteiger partial charge in [-0.15, -0.1) is 0 Å². The second-order valence-corrected chi connectivity index (χ2v) is 10.5. The summed E-state index contributed by atoms with van der Waals surface area (Å²) in [7, 11) is 2.84. The molecule has 1 aromatic rings. The fraction of sp³-hybridized carbons (Fsp3) is 0.556. The number of methoxy groups -OCH3 is 2. The molecule has 6 rings (SSSR count). The topological polar surface area (TPSA) is 119 Å². The first-order valence-electron chi connectivity index (χ1n) is 12.3. The van der Waals surface area contributed by atoms with Crippen LogP contribution in [0.25, 0.3) is 0 Å². The van der Waals surface area contributed by atoms with Crippen LogP contribution in [-0.4, -0.2) is 61.8 Å². The molecule has 2 bridgehead atoms. The zero-order chi connectivity index (χ0) is 26.5. The largest absolute Gasteiger partial charge is 0.496 e. The summed E-state index contributed by atoms with van der Waals surface area (Å²) in [6.07, 6.45) is -0.523. The van der Waals surface area contributed by atoms with E-state index >= 15 is 0 Å². The number of aliphatic hydroxyl groups is 1. The molecule has 198 valence electrons. The number of Topliss-reactive ketones (excluding diaryl/α,β-unsaturated/α-hetero) is 1. The standard InChI is InChI=1S/C27H30O10/c1-7-12(2)23(29)36-24-25(4,30)13(3)18-14-8-16-20(35-11-34-16)21-17(14)26(10-33-21)22(32-6)19(31-5)15(28)9-27(24,26)37-18/h7-8,13,18,24,30H,9-11H2,1-6H3/b12-7-/t13-,18+,24+,25-,26-,27-/m0/s1. The second kappa shape index (κ2) is 7.64. The van der Waals surface area contributed by atoms with Gasteiger partial charge in [-0.05, 0) is 32.4 Å². The number of carbonyl (C=O) groups excluding carboxylic acids is 2. The van der Waals surface area contributed by atoms with Gasteiger partial charge in [0.1, 0.15) is 23.2 Å². The molecule has 0 aromatic heterocycles. The van der Waals surface area contributed by atoms with Gasteiger partial charge in [-0.25, -0.2) is 4.79 Å². The number of ketones is 1. The highest BCUT2D eigenvalue weighted by molar-refractivity contribution is 5.98. The Morgan fingerprint density at radius 3 is 2.62 bits per heavy atom. The van der Waals surface area contributed by atoms with Gasteiger partial charge < -0.3 is 38.3 Å². The number of allylic oxidation sites excluding steroid dienone is 2. The molecule has 5 aliphatic rings. The van der Waals surface area contributed by atoms with Crippen LogP contribution in [0.3, 0.4) is 0 Å². The summed E-state index contributed by atoms with van der Waals surface area (Å²) in [4.78, 5) is 26.7. The van der Waals surface area contributed by atoms with E-state index in [-0.39, 0.29) is 31.3 Å². The monoisotopic (exact) mass is 514 g/mol. The van der Waals surface area contributed by atoms with Crippen molar-refractivity contribution in [3.8, 4) is 17.2 Å². The summed E-state index contributed by atoms with van der Waals surface area (Å²) in [5.41, 5.74) is -2.65. The third kappa shape index (κ3) is 2.67. The first kappa shape index (κ1) is 24.1. The van der Waals surface area contributed by atoms with E-state index in [4.69, 9.17) is 33.2 Å². The van der Waals surface area contributed by atoms with E-state index in [9.17, 15) is 14.7 Å². The Kier molecular flexibility index (Phi) is 4.98. The van der Waals surface area contributed by atoms with Crippen molar-refractivity contribution >= 4 is 11.8 Å². The van der Waals surface area contributed by atoms with E-state index in [0.29, 0.717) is 28.4 Å². The molecule has 1 aromatic carbocycles. The molecule has 0 radical (unpaired) electrons. The number of benzene rings is 1. The molecule has 1 N–H and O–H groups in total. The lowest BCUT2D eigenvalue weighted by atomic mass is 9.51. The van der Waals surface area contributed by atoms with Crippen molar-refractivity contribution in [3.63, 3.8) is 0 Å². The molecule has 0 unspecified atom stereocenters. The molecule has 4 aliphatic heterocycles. The Bertz CT molecular complexity index is 1290. The van der Waals surface area contributed by atoms with Crippen molar-refractivity contribution in [2.24, 2.45) is 5.92 Å². The summed E-state index contributed by atoms with van der Waals surface area (Å²) in [5.74, 6) is 0.0958. The number of rotatable bonds is 4. The predicted molar refractivity (Wildman–Crippen MR) is 126 cm³/mol. The smallest absolute Gasteiger partial charge is 0.333 e. The van der Waals surface area contributed by atoms with Gasteiger partial charge in [0, 0.05) is 23.5 Å². The van der Waals surface area contributed by atoms with Crippen molar-refractivity contribution in [3.05, 3.63) is 40.4 Å². The lowest BCUT2D eigenvalue weighted by Crippen LogP contribution is -2.77. The lowest BCUT2D eigenvalue weighted by Gasteiger charge is -2.64. The highest BCUT2D eigenvalue weighted by Crippen LogP contribution is 2.70. The van der Waals surface area contributed by atoms with E-state index in [1.807, 2.05) is 13.0 Å². The van der Waals surface area contributed by atoms with Gasteiger partial charge in [-0.1, -0.05) is 13.0 Å². The highest BCUT2D eigenvalue weighted by Gasteiger charge is 2.79. The van der Waals surface area contributed by atoms with Gasteiger partial charge in [0.25, 0.3) is 0 Å². The minimum atomic E-state index is -1.60. The molecule has 1 fully saturated rings. The van der Waals surface area contributed by atoms with Crippen LogP contribution in [0.4, 0.5) is 0 Å². The SMILES string of the molecule is C/C=C(/C)C(=O)O[C@@H]1[C@@](C)(O)[C@@H](C)[C@H]2O[C@@]13CC(=O)C(OC)=C(OC)[C@@]31COc3c4c(cc2c31)OCO4. The fourth-order valence-corrected chi connectivity index (χ4v) is 6.79. The van der Waals surface area contributed by atoms with E-state index in [0.717, 1.165) is 5.56 Å². The average Bonchev–Trinajstić information content (AvgIpc) is 3.51.